The Morgan fingerprint density at radius 2 is 1.75 bits per heavy atom. The number of hydrogen-bond donors (Lipinski definition) is 2. The number of aliphatic hydroxyl groups excluding tert-OH is 2. The number of rotatable bonds is 0. The van der Waals surface area contributed by atoms with E-state index in [1.54, 1.807) is 0 Å². The van der Waals surface area contributed by atoms with Gasteiger partial charge in [-0.2, -0.15) is 0 Å². The summed E-state index contributed by atoms with van der Waals surface area (Å²) in [4.78, 5) is 0. The number of allylic oxidation sites excluding steroid dienone is 1. The molecule has 0 amide bonds. The molecule has 0 radical (unpaired) electrons. The third-order valence-electron chi connectivity index (χ3n) is 9.58. The van der Waals surface area contributed by atoms with Crippen LogP contribution in [0.3, 0.4) is 0 Å². The summed E-state index contributed by atoms with van der Waals surface area (Å²) in [5.74, 6) is 4.11. The maximum atomic E-state index is 10.3. The van der Waals surface area contributed by atoms with Crippen molar-refractivity contribution in [3.8, 4) is 0 Å². The van der Waals surface area contributed by atoms with E-state index in [0.717, 1.165) is 48.9 Å². The highest BCUT2D eigenvalue weighted by atomic mass is 16.3. The van der Waals surface area contributed by atoms with Crippen LogP contribution < -0.4 is 0 Å². The Hall–Kier alpha value is -0.340. The lowest BCUT2D eigenvalue weighted by Gasteiger charge is -2.62. The van der Waals surface area contributed by atoms with E-state index in [2.05, 4.69) is 19.1 Å². The molecule has 0 unspecified atom stereocenters. The van der Waals surface area contributed by atoms with Crippen LogP contribution in [0.1, 0.15) is 71.1 Å². The lowest BCUT2D eigenvalue weighted by Crippen LogP contribution is -2.55. The van der Waals surface area contributed by atoms with Crippen molar-refractivity contribution in [2.45, 2.75) is 83.3 Å². The topological polar surface area (TPSA) is 40.5 Å². The summed E-state index contributed by atoms with van der Waals surface area (Å²) in [5, 5.41) is 20.5. The second kappa shape index (κ2) is 5.33. The summed E-state index contributed by atoms with van der Waals surface area (Å²) in [6.07, 6.45) is 16.8. The molecule has 4 fully saturated rings. The average molecular weight is 331 g/mol. The van der Waals surface area contributed by atoms with Gasteiger partial charge in [0.2, 0.25) is 0 Å². The minimum absolute atomic E-state index is 0.0379. The predicted octanol–water partition coefficient (Wildman–Crippen LogP) is 4.31. The molecule has 2 heteroatoms. The van der Waals surface area contributed by atoms with Crippen LogP contribution in [0, 0.1) is 40.4 Å². The zero-order valence-electron chi connectivity index (χ0n) is 15.2. The van der Waals surface area contributed by atoms with Gasteiger partial charge in [0.1, 0.15) is 0 Å². The number of fused-ring (bicyclic) bond motifs is 4. The monoisotopic (exact) mass is 330 g/mol. The molecule has 24 heavy (non-hydrogen) atoms. The lowest BCUT2D eigenvalue weighted by atomic mass is 9.43. The van der Waals surface area contributed by atoms with Gasteiger partial charge in [-0.3, -0.25) is 0 Å². The second-order valence-electron chi connectivity index (χ2n) is 10.2. The van der Waals surface area contributed by atoms with Crippen LogP contribution >= 0.6 is 0 Å². The van der Waals surface area contributed by atoms with Crippen molar-refractivity contribution in [2.24, 2.45) is 40.4 Å². The van der Waals surface area contributed by atoms with Gasteiger partial charge in [-0.15, -0.1) is 0 Å². The fourth-order valence-electron chi connectivity index (χ4n) is 8.50. The van der Waals surface area contributed by atoms with Gasteiger partial charge >= 0.3 is 0 Å². The molecule has 1 spiro atoms. The van der Waals surface area contributed by atoms with E-state index in [0.29, 0.717) is 10.8 Å². The molecule has 9 atom stereocenters. The van der Waals surface area contributed by atoms with Gasteiger partial charge in [-0.05, 0) is 105 Å². The van der Waals surface area contributed by atoms with Crippen molar-refractivity contribution in [3.63, 3.8) is 0 Å². The average Bonchev–Trinajstić information content (AvgIpc) is 2.94. The SMILES string of the molecule is C[C@]12CC[C@@H](O)C[C@H]1CC[C@@H]1[C@@H]2CC[C@]23C[C@H](O)C=C[C@H]2CC[C@@H]13. The van der Waals surface area contributed by atoms with Crippen molar-refractivity contribution in [1.29, 1.82) is 0 Å². The highest BCUT2D eigenvalue weighted by molar-refractivity contribution is 5.17. The van der Waals surface area contributed by atoms with Crippen molar-refractivity contribution in [2.75, 3.05) is 0 Å². The van der Waals surface area contributed by atoms with Gasteiger partial charge in [-0.1, -0.05) is 19.1 Å². The van der Waals surface area contributed by atoms with E-state index in [4.69, 9.17) is 0 Å². The molecule has 0 bridgehead atoms. The molecule has 5 rings (SSSR count). The van der Waals surface area contributed by atoms with E-state index >= 15 is 0 Å². The van der Waals surface area contributed by atoms with Crippen LogP contribution in [0.25, 0.3) is 0 Å². The summed E-state index contributed by atoms with van der Waals surface area (Å²) in [5.41, 5.74) is 0.900. The van der Waals surface area contributed by atoms with Gasteiger partial charge in [-0.25, -0.2) is 0 Å². The van der Waals surface area contributed by atoms with Crippen LogP contribution in [-0.4, -0.2) is 22.4 Å². The Kier molecular flexibility index (Phi) is 3.53. The molecule has 5 aliphatic rings. The van der Waals surface area contributed by atoms with Gasteiger partial charge in [0, 0.05) is 0 Å². The summed E-state index contributed by atoms with van der Waals surface area (Å²) in [6.45, 7) is 2.57. The fourth-order valence-corrected chi connectivity index (χ4v) is 8.50. The maximum Gasteiger partial charge on any atom is 0.0726 e. The molecular formula is C22H34O2. The largest absolute Gasteiger partial charge is 0.393 e. The Morgan fingerprint density at radius 1 is 0.875 bits per heavy atom. The van der Waals surface area contributed by atoms with Gasteiger partial charge in [0.15, 0.2) is 0 Å². The first-order valence-corrected chi connectivity index (χ1v) is 10.6. The molecule has 2 nitrogen and oxygen atoms in total. The molecule has 0 heterocycles. The lowest BCUT2D eigenvalue weighted by molar-refractivity contribution is -0.134. The molecule has 134 valence electrons. The van der Waals surface area contributed by atoms with Crippen LogP contribution in [0.2, 0.25) is 0 Å². The van der Waals surface area contributed by atoms with E-state index in [-0.39, 0.29) is 12.2 Å². The van der Waals surface area contributed by atoms with Gasteiger partial charge in [0.25, 0.3) is 0 Å². The van der Waals surface area contributed by atoms with Gasteiger partial charge in [0.05, 0.1) is 12.2 Å². The summed E-state index contributed by atoms with van der Waals surface area (Å²) in [7, 11) is 0. The van der Waals surface area contributed by atoms with E-state index in [9.17, 15) is 10.2 Å². The van der Waals surface area contributed by atoms with Crippen molar-refractivity contribution >= 4 is 0 Å². The Bertz CT molecular complexity index is 542. The maximum absolute atomic E-state index is 10.3. The summed E-state index contributed by atoms with van der Waals surface area (Å²) in [6, 6.07) is 0. The molecule has 2 N–H and O–H groups in total. The third kappa shape index (κ3) is 2.02. The quantitative estimate of drug-likeness (QED) is 0.650. The van der Waals surface area contributed by atoms with Crippen molar-refractivity contribution in [1.82, 2.24) is 0 Å². The van der Waals surface area contributed by atoms with Crippen molar-refractivity contribution < 1.29 is 10.2 Å². The van der Waals surface area contributed by atoms with Crippen LogP contribution in [-0.2, 0) is 0 Å². The Morgan fingerprint density at radius 3 is 2.62 bits per heavy atom. The molecule has 0 aliphatic heterocycles. The normalized spacial score (nSPS) is 59.2. The first kappa shape index (κ1) is 15.9. The summed E-state index contributed by atoms with van der Waals surface area (Å²) >= 11 is 0. The van der Waals surface area contributed by atoms with Crippen molar-refractivity contribution in [3.05, 3.63) is 12.2 Å². The Labute approximate surface area is 146 Å². The number of hydrogen-bond acceptors (Lipinski definition) is 2. The molecule has 5 aliphatic carbocycles. The first-order chi connectivity index (χ1) is 11.5. The molecule has 0 saturated heterocycles. The predicted molar refractivity (Wildman–Crippen MR) is 95.3 cm³/mol. The standard InChI is InChI=1S/C22H34O2/c1-21-10-8-16(23)12-15(21)3-6-18-19(21)9-11-22-13-17(24)5-2-14(22)4-7-20(18)22/h2,5,14-20,23-24H,3-4,6-13H2,1H3/t14-,15+,16+,17+,18+,19-,20-,21-,22-/m0/s1. The van der Waals surface area contributed by atoms with Crippen LogP contribution in [0.4, 0.5) is 0 Å². The van der Waals surface area contributed by atoms with E-state index < -0.39 is 0 Å². The molecule has 0 aromatic carbocycles. The van der Waals surface area contributed by atoms with E-state index in [1.165, 1.54) is 44.9 Å². The molecule has 0 aromatic rings. The molecule has 0 aromatic heterocycles. The van der Waals surface area contributed by atoms with Crippen LogP contribution in [0.15, 0.2) is 12.2 Å². The minimum atomic E-state index is -0.199. The second-order valence-corrected chi connectivity index (χ2v) is 10.2. The minimum Gasteiger partial charge on any atom is -0.393 e. The zero-order valence-corrected chi connectivity index (χ0v) is 15.2. The fraction of sp³-hybridized carbons (Fsp3) is 0.909. The van der Waals surface area contributed by atoms with Crippen LogP contribution in [0.5, 0.6) is 0 Å². The zero-order chi connectivity index (χ0) is 16.5. The smallest absolute Gasteiger partial charge is 0.0726 e. The highest BCUT2D eigenvalue weighted by Gasteiger charge is 2.61. The molecule has 4 saturated carbocycles. The molecular weight excluding hydrogens is 296 g/mol. The Balaban J connectivity index is 1.46. The third-order valence-corrected chi connectivity index (χ3v) is 9.58. The van der Waals surface area contributed by atoms with E-state index in [1.807, 2.05) is 0 Å². The summed E-state index contributed by atoms with van der Waals surface area (Å²) < 4.78 is 0. The van der Waals surface area contributed by atoms with Gasteiger partial charge < -0.3 is 10.2 Å². The number of aliphatic hydroxyl groups is 2. The first-order valence-electron chi connectivity index (χ1n) is 10.6. The highest BCUT2D eigenvalue weighted by Crippen LogP contribution is 2.69.